The third-order valence-electron chi connectivity index (χ3n) is 2.26. The molecule has 0 spiro atoms. The highest BCUT2D eigenvalue weighted by molar-refractivity contribution is 6.30. The first kappa shape index (κ1) is 9.29. The van der Waals surface area contributed by atoms with Crippen LogP contribution < -0.4 is 5.12 Å². The largest absolute Gasteiger partial charge is 0.221 e. The van der Waals surface area contributed by atoms with Gasteiger partial charge in [-0.15, -0.1) is 15.0 Å². The molecule has 0 fully saturated rings. The molecule has 6 nitrogen and oxygen atoms in total. The van der Waals surface area contributed by atoms with Crippen molar-refractivity contribution in [3.8, 4) is 0 Å². The van der Waals surface area contributed by atoms with Crippen LogP contribution in [0.25, 0.3) is 0 Å². The molecule has 0 aliphatic carbocycles. The van der Waals surface area contributed by atoms with Gasteiger partial charge in [0.25, 0.3) is 0 Å². The highest BCUT2D eigenvalue weighted by atomic mass is 35.5. The maximum absolute atomic E-state index is 5.87. The molecule has 1 aromatic carbocycles. The van der Waals surface area contributed by atoms with E-state index in [9.17, 15) is 0 Å². The number of fused-ring (bicyclic) bond motifs is 1. The van der Waals surface area contributed by atoms with Crippen LogP contribution in [0.1, 0.15) is 5.56 Å². The monoisotopic (exact) mass is 234 g/mol. The first-order chi connectivity index (χ1) is 7.83. The number of hydrogen-bond donors (Lipinski definition) is 0. The van der Waals surface area contributed by atoms with Crippen molar-refractivity contribution in [3.05, 3.63) is 41.4 Å². The zero-order valence-corrected chi connectivity index (χ0v) is 8.91. The van der Waals surface area contributed by atoms with Crippen molar-refractivity contribution in [1.29, 1.82) is 0 Å². The normalized spacial score (nSPS) is 13.9. The molecular weight excluding hydrogens is 228 g/mol. The Kier molecular flexibility index (Phi) is 2.07. The summed E-state index contributed by atoms with van der Waals surface area (Å²) in [7, 11) is 0. The van der Waals surface area contributed by atoms with E-state index in [0.29, 0.717) is 11.6 Å². The van der Waals surface area contributed by atoms with Gasteiger partial charge in [0.2, 0.25) is 0 Å². The third-order valence-corrected chi connectivity index (χ3v) is 2.49. The zero-order chi connectivity index (χ0) is 11.0. The maximum atomic E-state index is 5.87. The van der Waals surface area contributed by atoms with Crippen LogP contribution in [0.15, 0.2) is 41.2 Å². The Balaban J connectivity index is 1.96. The van der Waals surface area contributed by atoms with Crippen molar-refractivity contribution >= 4 is 17.3 Å². The second-order valence-corrected chi connectivity index (χ2v) is 3.75. The molecule has 0 amide bonds. The standard InChI is InChI=1S/C9H7ClN6/c10-8-2-1-7-4-15(14-13-9(7)3-8)16-6-11-5-12-16/h1-3,5-6H,4H2. The summed E-state index contributed by atoms with van der Waals surface area (Å²) in [6.07, 6.45) is 3.02. The number of hydrogen-bond acceptors (Lipinski definition) is 5. The molecule has 16 heavy (non-hydrogen) atoms. The second-order valence-electron chi connectivity index (χ2n) is 3.31. The first-order valence-electron chi connectivity index (χ1n) is 4.65. The summed E-state index contributed by atoms with van der Waals surface area (Å²) in [6.45, 7) is 0.597. The van der Waals surface area contributed by atoms with E-state index in [2.05, 4.69) is 20.4 Å². The van der Waals surface area contributed by atoms with Crippen LogP contribution in [0.5, 0.6) is 0 Å². The number of halogens is 1. The van der Waals surface area contributed by atoms with E-state index in [1.807, 2.05) is 12.1 Å². The van der Waals surface area contributed by atoms with Crippen LogP contribution in [0.4, 0.5) is 5.69 Å². The van der Waals surface area contributed by atoms with Crippen LogP contribution in [0, 0.1) is 0 Å². The molecule has 0 unspecified atom stereocenters. The fourth-order valence-electron chi connectivity index (χ4n) is 1.48. The van der Waals surface area contributed by atoms with Gasteiger partial charge in [-0.1, -0.05) is 17.7 Å². The molecule has 1 aliphatic rings. The summed E-state index contributed by atoms with van der Waals surface area (Å²) < 4.78 is 0. The number of aromatic nitrogens is 3. The zero-order valence-electron chi connectivity index (χ0n) is 8.16. The van der Waals surface area contributed by atoms with E-state index in [1.165, 1.54) is 11.1 Å². The summed E-state index contributed by atoms with van der Waals surface area (Å²) >= 11 is 5.87. The van der Waals surface area contributed by atoms with Gasteiger partial charge in [-0.3, -0.25) is 0 Å². The lowest BCUT2D eigenvalue weighted by molar-refractivity contribution is 0.513. The fourth-order valence-corrected chi connectivity index (χ4v) is 1.65. The Labute approximate surface area is 96.1 Å². The lowest BCUT2D eigenvalue weighted by Gasteiger charge is -2.20. The smallest absolute Gasteiger partial charge is 0.139 e. The van der Waals surface area contributed by atoms with E-state index in [-0.39, 0.29) is 0 Å². The Morgan fingerprint density at radius 2 is 2.25 bits per heavy atom. The Morgan fingerprint density at radius 3 is 3.06 bits per heavy atom. The van der Waals surface area contributed by atoms with Gasteiger partial charge in [-0.2, -0.15) is 5.12 Å². The van der Waals surface area contributed by atoms with E-state index < -0.39 is 0 Å². The molecule has 2 heterocycles. The van der Waals surface area contributed by atoms with Crippen LogP contribution in [-0.4, -0.2) is 14.9 Å². The maximum Gasteiger partial charge on any atom is 0.139 e. The molecule has 1 aliphatic heterocycles. The third kappa shape index (κ3) is 1.53. The molecule has 80 valence electrons. The molecule has 7 heteroatoms. The minimum Gasteiger partial charge on any atom is -0.221 e. The number of nitrogens with zero attached hydrogens (tertiary/aromatic N) is 6. The van der Waals surface area contributed by atoms with Gasteiger partial charge in [0.15, 0.2) is 0 Å². The topological polar surface area (TPSA) is 58.7 Å². The molecular formula is C9H7ClN6. The van der Waals surface area contributed by atoms with Crippen molar-refractivity contribution in [3.63, 3.8) is 0 Å². The summed E-state index contributed by atoms with van der Waals surface area (Å²) in [4.78, 5) is 5.38. The summed E-state index contributed by atoms with van der Waals surface area (Å²) in [5.74, 6) is 0. The van der Waals surface area contributed by atoms with Crippen molar-refractivity contribution in [2.24, 2.45) is 10.3 Å². The molecule has 0 saturated carbocycles. The number of benzene rings is 1. The predicted octanol–water partition coefficient (Wildman–Crippen LogP) is 2.08. The molecule has 1 aromatic heterocycles. The van der Waals surface area contributed by atoms with Gasteiger partial charge in [-0.25, -0.2) is 4.98 Å². The van der Waals surface area contributed by atoms with Crippen molar-refractivity contribution in [1.82, 2.24) is 14.9 Å². The van der Waals surface area contributed by atoms with E-state index in [1.54, 1.807) is 17.5 Å². The molecule has 2 aromatic rings. The van der Waals surface area contributed by atoms with Gasteiger partial charge in [0.1, 0.15) is 12.7 Å². The van der Waals surface area contributed by atoms with Gasteiger partial charge < -0.3 is 0 Å². The molecule has 0 radical (unpaired) electrons. The Morgan fingerprint density at radius 1 is 1.31 bits per heavy atom. The van der Waals surface area contributed by atoms with Gasteiger partial charge in [0.05, 0.1) is 12.2 Å². The van der Waals surface area contributed by atoms with E-state index in [4.69, 9.17) is 11.6 Å². The minimum atomic E-state index is 0.597. The summed E-state index contributed by atoms with van der Waals surface area (Å²) in [5.41, 5.74) is 1.85. The molecule has 0 bridgehead atoms. The van der Waals surface area contributed by atoms with Crippen molar-refractivity contribution in [2.45, 2.75) is 6.54 Å². The first-order valence-corrected chi connectivity index (χ1v) is 5.03. The summed E-state index contributed by atoms with van der Waals surface area (Å²) in [6, 6.07) is 5.56. The van der Waals surface area contributed by atoms with Gasteiger partial charge >= 0.3 is 0 Å². The van der Waals surface area contributed by atoms with E-state index in [0.717, 1.165) is 11.3 Å². The van der Waals surface area contributed by atoms with Gasteiger partial charge in [0, 0.05) is 10.6 Å². The average molecular weight is 235 g/mol. The van der Waals surface area contributed by atoms with E-state index >= 15 is 0 Å². The quantitative estimate of drug-likeness (QED) is 0.759. The van der Waals surface area contributed by atoms with Crippen molar-refractivity contribution < 1.29 is 0 Å². The minimum absolute atomic E-state index is 0.597. The van der Waals surface area contributed by atoms with Crippen LogP contribution in [0.3, 0.4) is 0 Å². The molecule has 0 N–H and O–H groups in total. The van der Waals surface area contributed by atoms with Crippen LogP contribution in [-0.2, 0) is 6.54 Å². The lowest BCUT2D eigenvalue weighted by atomic mass is 10.2. The predicted molar refractivity (Wildman–Crippen MR) is 57.9 cm³/mol. The molecule has 0 saturated heterocycles. The van der Waals surface area contributed by atoms with Crippen LogP contribution >= 0.6 is 11.6 Å². The lowest BCUT2D eigenvalue weighted by Crippen LogP contribution is -2.30. The fraction of sp³-hybridized carbons (Fsp3) is 0.111. The highest BCUT2D eigenvalue weighted by Gasteiger charge is 2.14. The molecule has 0 atom stereocenters. The van der Waals surface area contributed by atoms with Crippen molar-refractivity contribution in [2.75, 3.05) is 5.12 Å². The SMILES string of the molecule is Clc1ccc2c(c1)N=NN(n1cncn1)C2. The average Bonchev–Trinajstić information content (AvgIpc) is 2.82. The summed E-state index contributed by atoms with van der Waals surface area (Å²) in [5, 5.41) is 14.3. The molecule has 3 rings (SSSR count). The Bertz CT molecular complexity index is 535. The second kappa shape index (κ2) is 3.57. The Hall–Kier alpha value is -1.95. The van der Waals surface area contributed by atoms with Crippen LogP contribution in [0.2, 0.25) is 5.02 Å². The van der Waals surface area contributed by atoms with Gasteiger partial charge in [-0.05, 0) is 17.4 Å². The highest BCUT2D eigenvalue weighted by Crippen LogP contribution is 2.28. The number of rotatable bonds is 1.